The van der Waals surface area contributed by atoms with Crippen molar-refractivity contribution in [3.63, 3.8) is 0 Å². The van der Waals surface area contributed by atoms with E-state index in [1.54, 1.807) is 29.2 Å². The van der Waals surface area contributed by atoms with Gasteiger partial charge in [0.1, 0.15) is 5.69 Å². The molecule has 0 aliphatic rings. The number of rotatable bonds is 10. The summed E-state index contributed by atoms with van der Waals surface area (Å²) in [5, 5.41) is 30.3. The molecule has 7 nitrogen and oxygen atoms in total. The second kappa shape index (κ2) is 11.4. The highest BCUT2D eigenvalue weighted by Gasteiger charge is 2.12. The highest BCUT2D eigenvalue weighted by Crippen LogP contribution is 2.19. The third-order valence-electron chi connectivity index (χ3n) is 2.67. The van der Waals surface area contributed by atoms with E-state index in [9.17, 15) is 10.0 Å². The molecule has 0 spiro atoms. The van der Waals surface area contributed by atoms with Crippen LogP contribution in [0.1, 0.15) is 0 Å². The topological polar surface area (TPSA) is 103 Å². The van der Waals surface area contributed by atoms with Crippen LogP contribution >= 0.6 is 12.4 Å². The van der Waals surface area contributed by atoms with Crippen molar-refractivity contribution in [3.8, 4) is 0 Å². The van der Waals surface area contributed by atoms with Crippen LogP contribution in [-0.2, 0) is 4.74 Å². The Labute approximate surface area is 129 Å². The molecule has 0 radical (unpaired) electrons. The average Bonchev–Trinajstić information content (AvgIpc) is 2.47. The van der Waals surface area contributed by atoms with Crippen LogP contribution in [0, 0.1) is 4.91 Å². The SMILES string of the molecule is Cl.O=Nc1ccc(N(CCO)CC(O)COCCO)cc1. The maximum absolute atomic E-state index is 10.4. The molecule has 8 heteroatoms. The lowest BCUT2D eigenvalue weighted by Crippen LogP contribution is -2.37. The molecule has 1 aromatic carbocycles. The number of hydrogen-bond acceptors (Lipinski definition) is 7. The van der Waals surface area contributed by atoms with Gasteiger partial charge in [-0.05, 0) is 29.4 Å². The van der Waals surface area contributed by atoms with Gasteiger partial charge < -0.3 is 25.0 Å². The second-order valence-corrected chi connectivity index (χ2v) is 4.23. The average molecular weight is 321 g/mol. The number of ether oxygens (including phenoxy) is 1. The van der Waals surface area contributed by atoms with E-state index in [1.165, 1.54) is 0 Å². The molecule has 0 aliphatic carbocycles. The zero-order valence-corrected chi connectivity index (χ0v) is 12.4. The number of benzene rings is 1. The van der Waals surface area contributed by atoms with Gasteiger partial charge in [0, 0.05) is 18.8 Å². The van der Waals surface area contributed by atoms with E-state index in [1.807, 2.05) is 0 Å². The van der Waals surface area contributed by atoms with Gasteiger partial charge in [0.25, 0.3) is 0 Å². The summed E-state index contributed by atoms with van der Waals surface area (Å²) in [5.74, 6) is 0. The summed E-state index contributed by atoms with van der Waals surface area (Å²) in [4.78, 5) is 12.1. The van der Waals surface area contributed by atoms with Crippen LogP contribution in [0.15, 0.2) is 29.4 Å². The standard InChI is InChI=1S/C13H20N2O5.ClH/c16-6-5-15(9-13(18)10-20-8-7-17)12-3-1-11(14-19)2-4-12;/h1-4,13,16-18H,5-10H2;1H. The van der Waals surface area contributed by atoms with Crippen molar-refractivity contribution in [1.82, 2.24) is 0 Å². The fourth-order valence-electron chi connectivity index (χ4n) is 1.76. The van der Waals surface area contributed by atoms with Crippen LogP contribution in [0.3, 0.4) is 0 Å². The first kappa shape index (κ1) is 19.8. The number of aliphatic hydroxyl groups is 3. The molecule has 0 amide bonds. The summed E-state index contributed by atoms with van der Waals surface area (Å²) in [6.45, 7) is 0.767. The number of anilines is 1. The lowest BCUT2D eigenvalue weighted by Gasteiger charge is -2.26. The Balaban J connectivity index is 0.00000400. The maximum Gasteiger partial charge on any atom is 0.108 e. The number of nitrogens with zero attached hydrogens (tertiary/aromatic N) is 2. The second-order valence-electron chi connectivity index (χ2n) is 4.23. The number of aliphatic hydroxyl groups excluding tert-OH is 3. The van der Waals surface area contributed by atoms with Gasteiger partial charge in [0.15, 0.2) is 0 Å². The molecule has 0 aliphatic heterocycles. The monoisotopic (exact) mass is 320 g/mol. The Bertz CT molecular complexity index is 391. The van der Waals surface area contributed by atoms with E-state index in [2.05, 4.69) is 5.18 Å². The molecule has 0 saturated heterocycles. The third kappa shape index (κ3) is 7.35. The van der Waals surface area contributed by atoms with Crippen molar-refractivity contribution < 1.29 is 20.1 Å². The summed E-state index contributed by atoms with van der Waals surface area (Å²) in [6, 6.07) is 6.55. The molecule has 0 aromatic heterocycles. The van der Waals surface area contributed by atoms with Gasteiger partial charge in [-0.2, -0.15) is 0 Å². The van der Waals surface area contributed by atoms with Gasteiger partial charge in [-0.3, -0.25) is 0 Å². The van der Waals surface area contributed by atoms with Gasteiger partial charge in [0.2, 0.25) is 0 Å². The van der Waals surface area contributed by atoms with Crippen molar-refractivity contribution in [2.45, 2.75) is 6.10 Å². The number of halogens is 1. The molecule has 3 N–H and O–H groups in total. The van der Waals surface area contributed by atoms with E-state index in [-0.39, 0.29) is 45.4 Å². The van der Waals surface area contributed by atoms with Crippen LogP contribution in [0.2, 0.25) is 0 Å². The first-order valence-corrected chi connectivity index (χ1v) is 6.37. The highest BCUT2D eigenvalue weighted by atomic mass is 35.5. The maximum atomic E-state index is 10.4. The molecule has 1 atom stereocenters. The fraction of sp³-hybridized carbons (Fsp3) is 0.538. The van der Waals surface area contributed by atoms with Crippen LogP contribution in [-0.4, -0.2) is 60.9 Å². The molecule has 0 fully saturated rings. The molecular weight excluding hydrogens is 300 g/mol. The van der Waals surface area contributed by atoms with Gasteiger partial charge in [-0.1, -0.05) is 0 Å². The van der Waals surface area contributed by atoms with Gasteiger partial charge in [-0.25, -0.2) is 0 Å². The highest BCUT2D eigenvalue weighted by molar-refractivity contribution is 5.85. The summed E-state index contributed by atoms with van der Waals surface area (Å²) >= 11 is 0. The lowest BCUT2D eigenvalue weighted by atomic mass is 10.2. The van der Waals surface area contributed by atoms with E-state index in [0.29, 0.717) is 12.2 Å². The van der Waals surface area contributed by atoms with Crippen molar-refractivity contribution >= 4 is 23.8 Å². The fourth-order valence-corrected chi connectivity index (χ4v) is 1.76. The summed E-state index contributed by atoms with van der Waals surface area (Å²) in [7, 11) is 0. The van der Waals surface area contributed by atoms with Crippen LogP contribution in [0.4, 0.5) is 11.4 Å². The molecule has 0 saturated carbocycles. The molecular formula is C13H21ClN2O5. The van der Waals surface area contributed by atoms with Crippen molar-refractivity contribution in [3.05, 3.63) is 29.2 Å². The van der Waals surface area contributed by atoms with E-state index >= 15 is 0 Å². The zero-order chi connectivity index (χ0) is 14.8. The molecule has 21 heavy (non-hydrogen) atoms. The minimum absolute atomic E-state index is 0. The number of hydrogen-bond donors (Lipinski definition) is 3. The Kier molecular flexibility index (Phi) is 10.7. The van der Waals surface area contributed by atoms with E-state index < -0.39 is 6.10 Å². The van der Waals surface area contributed by atoms with E-state index in [4.69, 9.17) is 14.9 Å². The summed E-state index contributed by atoms with van der Waals surface area (Å²) in [5.41, 5.74) is 1.09. The Morgan fingerprint density at radius 1 is 1.19 bits per heavy atom. The third-order valence-corrected chi connectivity index (χ3v) is 2.67. The Morgan fingerprint density at radius 3 is 2.38 bits per heavy atom. The van der Waals surface area contributed by atoms with Crippen molar-refractivity contribution in [1.29, 1.82) is 0 Å². The molecule has 0 bridgehead atoms. The lowest BCUT2D eigenvalue weighted by molar-refractivity contribution is 0.0242. The number of nitroso groups, excluding NO2 is 1. The van der Waals surface area contributed by atoms with Crippen LogP contribution < -0.4 is 4.90 Å². The molecule has 1 unspecified atom stereocenters. The zero-order valence-electron chi connectivity index (χ0n) is 11.6. The minimum Gasteiger partial charge on any atom is -0.395 e. The van der Waals surface area contributed by atoms with Crippen LogP contribution in [0.25, 0.3) is 0 Å². The van der Waals surface area contributed by atoms with Gasteiger partial charge in [-0.15, -0.1) is 17.3 Å². The molecule has 120 valence electrons. The Morgan fingerprint density at radius 2 is 1.86 bits per heavy atom. The normalized spacial score (nSPS) is 11.6. The minimum atomic E-state index is -0.739. The van der Waals surface area contributed by atoms with Crippen molar-refractivity contribution in [2.75, 3.05) is 44.4 Å². The molecule has 0 heterocycles. The van der Waals surface area contributed by atoms with Gasteiger partial charge >= 0.3 is 0 Å². The largest absolute Gasteiger partial charge is 0.395 e. The first-order chi connectivity index (χ1) is 9.71. The molecule has 1 rings (SSSR count). The molecule has 1 aromatic rings. The van der Waals surface area contributed by atoms with Gasteiger partial charge in [0.05, 0.1) is 32.5 Å². The predicted octanol–water partition coefficient (Wildman–Crippen LogP) is 0.675. The first-order valence-electron chi connectivity index (χ1n) is 6.37. The Hall–Kier alpha value is -1.25. The van der Waals surface area contributed by atoms with Crippen molar-refractivity contribution in [2.24, 2.45) is 5.18 Å². The van der Waals surface area contributed by atoms with Crippen LogP contribution in [0.5, 0.6) is 0 Å². The summed E-state index contributed by atoms with van der Waals surface area (Å²) in [6.07, 6.45) is -0.739. The quantitative estimate of drug-likeness (QED) is 0.432. The summed E-state index contributed by atoms with van der Waals surface area (Å²) < 4.78 is 5.05. The predicted molar refractivity (Wildman–Crippen MR) is 82.4 cm³/mol. The van der Waals surface area contributed by atoms with E-state index in [0.717, 1.165) is 5.69 Å². The smallest absolute Gasteiger partial charge is 0.108 e.